The number of urea groups is 1. The number of rotatable bonds is 4. The summed E-state index contributed by atoms with van der Waals surface area (Å²) in [6.07, 6.45) is 3.68. The standard InChI is InChI=1S/C21H25N5O/c1-3-15-7-5-8-17(13-15)23-21(27)25-12-10-16(14-25)19-24-18-9-6-11-22-20(18)26(19)4-2/h5-9,11,13,16H,3-4,10,12,14H2,1-2H3,(H,23,27)/t16-/m1/s1. The molecule has 0 spiro atoms. The first-order valence-electron chi connectivity index (χ1n) is 9.65. The summed E-state index contributed by atoms with van der Waals surface area (Å²) in [6.45, 7) is 6.47. The van der Waals surface area contributed by atoms with Gasteiger partial charge in [0.2, 0.25) is 0 Å². The van der Waals surface area contributed by atoms with Crippen LogP contribution in [0.2, 0.25) is 0 Å². The average Bonchev–Trinajstić information content (AvgIpc) is 3.32. The van der Waals surface area contributed by atoms with Crippen LogP contribution >= 0.6 is 0 Å². The van der Waals surface area contributed by atoms with E-state index in [1.54, 1.807) is 6.20 Å². The topological polar surface area (TPSA) is 63.1 Å². The van der Waals surface area contributed by atoms with Gasteiger partial charge >= 0.3 is 6.03 Å². The summed E-state index contributed by atoms with van der Waals surface area (Å²) >= 11 is 0. The van der Waals surface area contributed by atoms with Gasteiger partial charge in [0.05, 0.1) is 0 Å². The highest BCUT2D eigenvalue weighted by Gasteiger charge is 2.31. The molecule has 1 aliphatic heterocycles. The Bertz CT molecular complexity index is 964. The number of fused-ring (bicyclic) bond motifs is 1. The molecular weight excluding hydrogens is 338 g/mol. The van der Waals surface area contributed by atoms with Crippen molar-refractivity contribution in [1.82, 2.24) is 19.4 Å². The van der Waals surface area contributed by atoms with Crippen molar-refractivity contribution >= 4 is 22.9 Å². The highest BCUT2D eigenvalue weighted by molar-refractivity contribution is 5.89. The highest BCUT2D eigenvalue weighted by atomic mass is 16.2. The third-order valence-electron chi connectivity index (χ3n) is 5.28. The minimum atomic E-state index is -0.0389. The number of likely N-dealkylation sites (tertiary alicyclic amines) is 1. The van der Waals surface area contributed by atoms with E-state index in [1.165, 1.54) is 5.56 Å². The van der Waals surface area contributed by atoms with E-state index in [0.29, 0.717) is 6.54 Å². The van der Waals surface area contributed by atoms with Crippen LogP contribution in [0, 0.1) is 0 Å². The lowest BCUT2D eigenvalue weighted by Crippen LogP contribution is -2.33. The Morgan fingerprint density at radius 3 is 2.96 bits per heavy atom. The molecular formula is C21H25N5O. The van der Waals surface area contributed by atoms with Gasteiger partial charge < -0.3 is 14.8 Å². The fraction of sp³-hybridized carbons (Fsp3) is 0.381. The number of anilines is 1. The van der Waals surface area contributed by atoms with Crippen LogP contribution in [0.4, 0.5) is 10.5 Å². The van der Waals surface area contributed by atoms with Crippen molar-refractivity contribution in [3.8, 4) is 0 Å². The molecule has 3 aromatic rings. The average molecular weight is 363 g/mol. The van der Waals surface area contributed by atoms with Crippen molar-refractivity contribution in [2.24, 2.45) is 0 Å². The van der Waals surface area contributed by atoms with E-state index in [-0.39, 0.29) is 11.9 Å². The van der Waals surface area contributed by atoms with Crippen LogP contribution in [0.15, 0.2) is 42.6 Å². The normalized spacial score (nSPS) is 16.8. The molecule has 4 rings (SSSR count). The van der Waals surface area contributed by atoms with Gasteiger partial charge in [-0.2, -0.15) is 0 Å². The van der Waals surface area contributed by atoms with Gasteiger partial charge in [-0.05, 0) is 49.6 Å². The predicted molar refractivity (Wildman–Crippen MR) is 107 cm³/mol. The van der Waals surface area contributed by atoms with Crippen LogP contribution in [0.25, 0.3) is 11.2 Å². The number of nitrogens with zero attached hydrogens (tertiary/aromatic N) is 4. The van der Waals surface area contributed by atoms with Gasteiger partial charge in [-0.3, -0.25) is 0 Å². The van der Waals surface area contributed by atoms with Crippen LogP contribution in [-0.2, 0) is 13.0 Å². The minimum Gasteiger partial charge on any atom is -0.324 e. The van der Waals surface area contributed by atoms with Crippen LogP contribution in [-0.4, -0.2) is 38.6 Å². The molecule has 0 saturated carbocycles. The van der Waals surface area contributed by atoms with Crippen LogP contribution < -0.4 is 5.32 Å². The second kappa shape index (κ2) is 7.39. The van der Waals surface area contributed by atoms with Gasteiger partial charge in [0, 0.05) is 37.4 Å². The number of aromatic nitrogens is 3. The van der Waals surface area contributed by atoms with Crippen molar-refractivity contribution in [3.05, 3.63) is 54.0 Å². The number of carbonyl (C=O) groups excluding carboxylic acids is 1. The number of carbonyl (C=O) groups is 1. The molecule has 1 aromatic carbocycles. The van der Waals surface area contributed by atoms with Crippen LogP contribution in [0.1, 0.15) is 37.6 Å². The molecule has 1 fully saturated rings. The van der Waals surface area contributed by atoms with Crippen LogP contribution in [0.5, 0.6) is 0 Å². The Labute approximate surface area is 159 Å². The first-order valence-corrected chi connectivity index (χ1v) is 9.65. The Balaban J connectivity index is 1.49. The SMILES string of the molecule is CCc1cccc(NC(=O)N2CC[C@@H](c3nc4cccnc4n3CC)C2)c1. The number of hydrogen-bond donors (Lipinski definition) is 1. The van der Waals surface area contributed by atoms with Gasteiger partial charge in [-0.25, -0.2) is 14.8 Å². The minimum absolute atomic E-state index is 0.0389. The monoisotopic (exact) mass is 363 g/mol. The molecule has 1 saturated heterocycles. The predicted octanol–water partition coefficient (Wildman–Crippen LogP) is 4.04. The summed E-state index contributed by atoms with van der Waals surface area (Å²) in [5, 5.41) is 3.03. The molecule has 140 valence electrons. The second-order valence-electron chi connectivity index (χ2n) is 6.98. The molecule has 0 unspecified atom stereocenters. The van der Waals surface area contributed by atoms with Gasteiger partial charge in [-0.15, -0.1) is 0 Å². The Morgan fingerprint density at radius 2 is 2.15 bits per heavy atom. The van der Waals surface area contributed by atoms with Gasteiger partial charge in [0.25, 0.3) is 0 Å². The summed E-state index contributed by atoms with van der Waals surface area (Å²) in [4.78, 5) is 23.9. The van der Waals surface area contributed by atoms with E-state index in [1.807, 2.05) is 35.2 Å². The molecule has 6 heteroatoms. The summed E-state index contributed by atoms with van der Waals surface area (Å²) in [5.41, 5.74) is 3.92. The second-order valence-corrected chi connectivity index (χ2v) is 6.98. The lowest BCUT2D eigenvalue weighted by molar-refractivity contribution is 0.222. The summed E-state index contributed by atoms with van der Waals surface area (Å²) < 4.78 is 2.17. The maximum absolute atomic E-state index is 12.7. The first kappa shape index (κ1) is 17.5. The van der Waals surface area contributed by atoms with Crippen molar-refractivity contribution < 1.29 is 4.79 Å². The summed E-state index contributed by atoms with van der Waals surface area (Å²) in [6, 6.07) is 11.9. The largest absolute Gasteiger partial charge is 0.324 e. The lowest BCUT2D eigenvalue weighted by atomic mass is 10.1. The zero-order valence-corrected chi connectivity index (χ0v) is 15.9. The number of aryl methyl sites for hydroxylation is 2. The van der Waals surface area contributed by atoms with E-state index < -0.39 is 0 Å². The lowest BCUT2D eigenvalue weighted by Gasteiger charge is -2.18. The van der Waals surface area contributed by atoms with Crippen molar-refractivity contribution in [2.45, 2.75) is 39.2 Å². The number of amides is 2. The Hall–Kier alpha value is -2.89. The van der Waals surface area contributed by atoms with Gasteiger partial charge in [0.1, 0.15) is 11.3 Å². The van der Waals surface area contributed by atoms with Gasteiger partial charge in [0.15, 0.2) is 5.65 Å². The molecule has 0 aliphatic carbocycles. The molecule has 1 atom stereocenters. The third kappa shape index (κ3) is 3.39. The van der Waals surface area contributed by atoms with Crippen molar-refractivity contribution in [3.63, 3.8) is 0 Å². The molecule has 1 aliphatic rings. The van der Waals surface area contributed by atoms with Crippen LogP contribution in [0.3, 0.4) is 0 Å². The zero-order chi connectivity index (χ0) is 18.8. The molecule has 0 bridgehead atoms. The fourth-order valence-electron chi connectivity index (χ4n) is 3.83. The number of imidazole rings is 1. The highest BCUT2D eigenvalue weighted by Crippen LogP contribution is 2.29. The number of pyridine rings is 1. The molecule has 1 N–H and O–H groups in total. The Morgan fingerprint density at radius 1 is 1.26 bits per heavy atom. The zero-order valence-electron chi connectivity index (χ0n) is 15.9. The van der Waals surface area contributed by atoms with E-state index in [9.17, 15) is 4.79 Å². The van der Waals surface area contributed by atoms with E-state index >= 15 is 0 Å². The molecule has 27 heavy (non-hydrogen) atoms. The molecule has 0 radical (unpaired) electrons. The number of benzene rings is 1. The molecule has 3 heterocycles. The van der Waals surface area contributed by atoms with E-state index in [0.717, 1.165) is 48.6 Å². The molecule has 2 amide bonds. The van der Waals surface area contributed by atoms with Crippen molar-refractivity contribution in [2.75, 3.05) is 18.4 Å². The number of hydrogen-bond acceptors (Lipinski definition) is 3. The fourth-order valence-corrected chi connectivity index (χ4v) is 3.83. The third-order valence-corrected chi connectivity index (χ3v) is 5.28. The summed E-state index contributed by atoms with van der Waals surface area (Å²) in [5.74, 6) is 1.28. The van der Waals surface area contributed by atoms with Crippen molar-refractivity contribution in [1.29, 1.82) is 0 Å². The van der Waals surface area contributed by atoms with E-state index in [2.05, 4.69) is 34.8 Å². The quantitative estimate of drug-likeness (QED) is 0.761. The first-order chi connectivity index (χ1) is 13.2. The summed E-state index contributed by atoms with van der Waals surface area (Å²) in [7, 11) is 0. The smallest absolute Gasteiger partial charge is 0.321 e. The molecule has 6 nitrogen and oxygen atoms in total. The van der Waals surface area contributed by atoms with Gasteiger partial charge in [-0.1, -0.05) is 19.1 Å². The maximum atomic E-state index is 12.7. The van der Waals surface area contributed by atoms with E-state index in [4.69, 9.17) is 4.98 Å². The number of nitrogens with one attached hydrogen (secondary N) is 1. The Kier molecular flexibility index (Phi) is 4.79. The maximum Gasteiger partial charge on any atom is 0.321 e. The molecule has 2 aromatic heterocycles.